The molecule has 17 heavy (non-hydrogen) atoms. The second-order valence-corrected chi connectivity index (χ2v) is 5.56. The van der Waals surface area contributed by atoms with Gasteiger partial charge in [-0.1, -0.05) is 34.8 Å². The Bertz CT molecular complexity index is 545. The van der Waals surface area contributed by atoms with Crippen molar-refractivity contribution >= 4 is 69.0 Å². The van der Waals surface area contributed by atoms with Crippen LogP contribution in [-0.4, -0.2) is 9.97 Å². The van der Waals surface area contributed by atoms with Crippen molar-refractivity contribution in [1.82, 2.24) is 9.97 Å². The van der Waals surface area contributed by atoms with Gasteiger partial charge >= 0.3 is 0 Å². The molecule has 0 atom stereocenters. The molecule has 0 fully saturated rings. The zero-order valence-electron chi connectivity index (χ0n) is 8.22. The van der Waals surface area contributed by atoms with Gasteiger partial charge in [-0.3, -0.25) is 0 Å². The van der Waals surface area contributed by atoms with Crippen LogP contribution >= 0.6 is 57.4 Å². The summed E-state index contributed by atoms with van der Waals surface area (Å²) in [5.74, 6) is 0.450. The third-order valence-corrected chi connectivity index (χ3v) is 3.47. The van der Waals surface area contributed by atoms with E-state index in [4.69, 9.17) is 34.8 Å². The number of benzene rings is 1. The standard InChI is InChI=1S/C10H5Cl3IN3/c11-6-1-8(13)9(2-7(6)12)17-10-15-3-5(14)4-16-10/h1-4H,(H,15,16,17). The maximum atomic E-state index is 6.02. The van der Waals surface area contributed by atoms with Crippen molar-refractivity contribution in [3.05, 3.63) is 43.2 Å². The van der Waals surface area contributed by atoms with E-state index < -0.39 is 0 Å². The van der Waals surface area contributed by atoms with Crippen LogP contribution in [0.4, 0.5) is 11.6 Å². The molecule has 0 aliphatic rings. The van der Waals surface area contributed by atoms with Crippen molar-refractivity contribution in [2.45, 2.75) is 0 Å². The molecule has 0 unspecified atom stereocenters. The van der Waals surface area contributed by atoms with Crippen molar-refractivity contribution < 1.29 is 0 Å². The number of hydrogen-bond donors (Lipinski definition) is 1. The largest absolute Gasteiger partial charge is 0.323 e. The first-order valence-corrected chi connectivity index (χ1v) is 6.66. The fourth-order valence-electron chi connectivity index (χ4n) is 1.12. The molecule has 1 aromatic heterocycles. The zero-order valence-corrected chi connectivity index (χ0v) is 12.6. The van der Waals surface area contributed by atoms with Crippen molar-refractivity contribution in [2.75, 3.05) is 5.32 Å². The van der Waals surface area contributed by atoms with E-state index >= 15 is 0 Å². The molecule has 2 aromatic rings. The lowest BCUT2D eigenvalue weighted by molar-refractivity contribution is 1.15. The number of nitrogens with zero attached hydrogens (tertiary/aromatic N) is 2. The Morgan fingerprint density at radius 3 is 2.18 bits per heavy atom. The Morgan fingerprint density at radius 2 is 1.53 bits per heavy atom. The topological polar surface area (TPSA) is 37.8 Å². The van der Waals surface area contributed by atoms with Gasteiger partial charge in [0.2, 0.25) is 5.95 Å². The second-order valence-electron chi connectivity index (χ2n) is 3.10. The van der Waals surface area contributed by atoms with Crippen LogP contribution in [0, 0.1) is 3.57 Å². The quantitative estimate of drug-likeness (QED) is 0.582. The van der Waals surface area contributed by atoms with E-state index in [9.17, 15) is 0 Å². The fourth-order valence-corrected chi connectivity index (χ4v) is 1.99. The molecule has 0 radical (unpaired) electrons. The number of halogens is 4. The molecular formula is C10H5Cl3IN3. The highest BCUT2D eigenvalue weighted by molar-refractivity contribution is 14.1. The maximum absolute atomic E-state index is 6.02. The first kappa shape index (κ1) is 13.1. The monoisotopic (exact) mass is 399 g/mol. The Morgan fingerprint density at radius 1 is 0.941 bits per heavy atom. The van der Waals surface area contributed by atoms with Crippen LogP contribution in [0.3, 0.4) is 0 Å². The number of hydrogen-bond acceptors (Lipinski definition) is 3. The summed E-state index contributed by atoms with van der Waals surface area (Å²) in [6.07, 6.45) is 3.39. The minimum absolute atomic E-state index is 0.408. The first-order chi connectivity index (χ1) is 8.06. The molecule has 7 heteroatoms. The van der Waals surface area contributed by atoms with Gasteiger partial charge in [0.15, 0.2) is 0 Å². The molecular weight excluding hydrogens is 395 g/mol. The second kappa shape index (κ2) is 5.56. The van der Waals surface area contributed by atoms with Crippen molar-refractivity contribution in [1.29, 1.82) is 0 Å². The summed E-state index contributed by atoms with van der Waals surface area (Å²) in [4.78, 5) is 8.20. The van der Waals surface area contributed by atoms with Crippen LogP contribution in [-0.2, 0) is 0 Å². The minimum Gasteiger partial charge on any atom is -0.323 e. The highest BCUT2D eigenvalue weighted by Crippen LogP contribution is 2.33. The van der Waals surface area contributed by atoms with Gasteiger partial charge in [-0.05, 0) is 34.7 Å². The van der Waals surface area contributed by atoms with Gasteiger partial charge in [0, 0.05) is 16.0 Å². The van der Waals surface area contributed by atoms with Crippen LogP contribution in [0.1, 0.15) is 0 Å². The van der Waals surface area contributed by atoms with Crippen LogP contribution in [0.15, 0.2) is 24.5 Å². The van der Waals surface area contributed by atoms with Crippen LogP contribution < -0.4 is 5.32 Å². The molecule has 1 N–H and O–H groups in total. The van der Waals surface area contributed by atoms with E-state index in [1.165, 1.54) is 0 Å². The van der Waals surface area contributed by atoms with Gasteiger partial charge in [-0.15, -0.1) is 0 Å². The summed E-state index contributed by atoms with van der Waals surface area (Å²) in [7, 11) is 0. The molecule has 0 saturated carbocycles. The van der Waals surface area contributed by atoms with Crippen molar-refractivity contribution in [3.63, 3.8) is 0 Å². The van der Waals surface area contributed by atoms with Gasteiger partial charge in [0.25, 0.3) is 0 Å². The number of rotatable bonds is 2. The van der Waals surface area contributed by atoms with Crippen molar-refractivity contribution in [2.24, 2.45) is 0 Å². The Kier molecular flexibility index (Phi) is 4.30. The predicted molar refractivity (Wildman–Crippen MR) is 79.5 cm³/mol. The van der Waals surface area contributed by atoms with E-state index in [0.717, 1.165) is 3.57 Å². The highest BCUT2D eigenvalue weighted by atomic mass is 127. The molecule has 0 aliphatic heterocycles. The Labute approximate surface area is 127 Å². The van der Waals surface area contributed by atoms with Gasteiger partial charge in [0.05, 0.1) is 20.8 Å². The average molecular weight is 400 g/mol. The van der Waals surface area contributed by atoms with Gasteiger partial charge < -0.3 is 5.32 Å². The predicted octanol–water partition coefficient (Wildman–Crippen LogP) is 4.79. The lowest BCUT2D eigenvalue weighted by Crippen LogP contribution is -1.97. The Balaban J connectivity index is 2.30. The van der Waals surface area contributed by atoms with Crippen LogP contribution in [0.5, 0.6) is 0 Å². The number of aromatic nitrogens is 2. The molecule has 88 valence electrons. The molecule has 0 saturated heterocycles. The molecule has 0 bridgehead atoms. The number of nitrogens with one attached hydrogen (secondary N) is 1. The van der Waals surface area contributed by atoms with E-state index in [1.807, 2.05) is 0 Å². The molecule has 1 aromatic carbocycles. The maximum Gasteiger partial charge on any atom is 0.227 e. The van der Waals surface area contributed by atoms with E-state index in [1.54, 1.807) is 24.5 Å². The first-order valence-electron chi connectivity index (χ1n) is 4.45. The van der Waals surface area contributed by atoms with Gasteiger partial charge in [-0.25, -0.2) is 9.97 Å². The van der Waals surface area contributed by atoms with E-state index in [0.29, 0.717) is 26.7 Å². The van der Waals surface area contributed by atoms with Crippen molar-refractivity contribution in [3.8, 4) is 0 Å². The third kappa shape index (κ3) is 3.34. The molecule has 0 spiro atoms. The van der Waals surface area contributed by atoms with Crippen LogP contribution in [0.25, 0.3) is 0 Å². The summed E-state index contributed by atoms with van der Waals surface area (Å²) in [5, 5.41) is 4.26. The van der Waals surface area contributed by atoms with Crippen LogP contribution in [0.2, 0.25) is 15.1 Å². The highest BCUT2D eigenvalue weighted by Gasteiger charge is 2.07. The molecule has 0 amide bonds. The number of anilines is 2. The average Bonchev–Trinajstić information content (AvgIpc) is 2.29. The fraction of sp³-hybridized carbons (Fsp3) is 0. The third-order valence-electron chi connectivity index (χ3n) is 1.88. The van der Waals surface area contributed by atoms with Gasteiger partial charge in [0.1, 0.15) is 0 Å². The lowest BCUT2D eigenvalue weighted by Gasteiger charge is -2.08. The zero-order chi connectivity index (χ0) is 12.4. The van der Waals surface area contributed by atoms with E-state index in [-0.39, 0.29) is 0 Å². The smallest absolute Gasteiger partial charge is 0.227 e. The molecule has 3 nitrogen and oxygen atoms in total. The minimum atomic E-state index is 0.408. The molecule has 2 rings (SSSR count). The van der Waals surface area contributed by atoms with E-state index in [2.05, 4.69) is 37.9 Å². The molecule has 1 heterocycles. The summed E-state index contributed by atoms with van der Waals surface area (Å²) >= 11 is 19.9. The summed E-state index contributed by atoms with van der Waals surface area (Å²) < 4.78 is 0.952. The summed E-state index contributed by atoms with van der Waals surface area (Å²) in [5.41, 5.74) is 0.613. The Hall–Kier alpha value is -0.300. The SMILES string of the molecule is Clc1cc(Cl)c(Nc2ncc(I)cn2)cc1Cl. The lowest BCUT2D eigenvalue weighted by atomic mass is 10.3. The summed E-state index contributed by atoms with van der Waals surface area (Å²) in [6.45, 7) is 0. The van der Waals surface area contributed by atoms with Gasteiger partial charge in [-0.2, -0.15) is 0 Å². The normalized spacial score (nSPS) is 10.4. The molecule has 0 aliphatic carbocycles. The summed E-state index contributed by atoms with van der Waals surface area (Å²) in [6, 6.07) is 3.20.